The number of benzene rings is 8. The molecule has 2 aliphatic heterocycles. The number of nitrogens with zero attached hydrogens (tertiary/aromatic N) is 3. The molecule has 12 rings (SSSR count). The van der Waals surface area contributed by atoms with Crippen molar-refractivity contribution in [3.05, 3.63) is 261 Å². The molecule has 4 heteroatoms. The lowest BCUT2D eigenvalue weighted by Gasteiger charge is -2.37. The lowest BCUT2D eigenvalue weighted by Crippen LogP contribution is -2.31. The minimum atomic E-state index is -0.491. The molecular formula is C61H47N3S. The standard InChI is InChI=1S/C61H47N3S/c1-3-60(2)52-39-41(27-34-48(52)49-35-33-47(40-53(49)60)64-54-25-15-13-23-50(54)51-24-14-16-26-55(51)64)28-36-56-57-58(63-38-37-62-57)59(65-56)42-29-31-46(32-30-42)61(43-17-7-4-8-18-43,44-19-9-5-10-20-44)45-21-11-6-12-22-45/h4-40,58-59H,3H2,1-2H3/b36-28+. The Morgan fingerprint density at radius 1 is 0.569 bits per heavy atom. The van der Waals surface area contributed by atoms with E-state index in [9.17, 15) is 0 Å². The quantitative estimate of drug-likeness (QED) is 0.133. The zero-order valence-electron chi connectivity index (χ0n) is 36.5. The number of fused-ring (bicyclic) bond motifs is 7. The van der Waals surface area contributed by atoms with E-state index in [2.05, 4.69) is 231 Å². The van der Waals surface area contributed by atoms with Crippen molar-refractivity contribution in [2.24, 2.45) is 9.98 Å². The summed E-state index contributed by atoms with van der Waals surface area (Å²) in [4.78, 5) is 11.2. The Morgan fingerprint density at radius 2 is 1.11 bits per heavy atom. The fourth-order valence-corrected chi connectivity index (χ4v) is 12.4. The van der Waals surface area contributed by atoms with E-state index >= 15 is 0 Å². The molecule has 8 aromatic carbocycles. The number of aliphatic imine (C=N–C) groups is 2. The van der Waals surface area contributed by atoms with Crippen LogP contribution in [0.1, 0.15) is 70.0 Å². The Morgan fingerprint density at radius 3 is 1.71 bits per heavy atom. The molecule has 3 unspecified atom stereocenters. The Hall–Kier alpha value is -7.27. The number of hydrogen-bond acceptors (Lipinski definition) is 3. The smallest absolute Gasteiger partial charge is 0.109 e. The number of para-hydroxylation sites is 2. The normalized spacial score (nSPS) is 18.7. The Bertz CT molecular complexity index is 3250. The summed E-state index contributed by atoms with van der Waals surface area (Å²) in [6.07, 6.45) is 9.26. The summed E-state index contributed by atoms with van der Waals surface area (Å²) in [5.74, 6) is 0. The molecule has 0 spiro atoms. The predicted molar refractivity (Wildman–Crippen MR) is 275 cm³/mol. The maximum Gasteiger partial charge on any atom is 0.109 e. The van der Waals surface area contributed by atoms with E-state index in [4.69, 9.17) is 9.98 Å². The third-order valence-corrected chi connectivity index (χ3v) is 15.8. The molecular weight excluding hydrogens is 807 g/mol. The zero-order chi connectivity index (χ0) is 43.5. The van der Waals surface area contributed by atoms with Crippen LogP contribution in [0.2, 0.25) is 0 Å². The molecule has 1 aliphatic carbocycles. The molecule has 0 saturated carbocycles. The molecule has 0 amide bonds. The van der Waals surface area contributed by atoms with E-state index in [0.29, 0.717) is 0 Å². The molecule has 0 saturated heterocycles. The fourth-order valence-electron chi connectivity index (χ4n) is 11.1. The van der Waals surface area contributed by atoms with Crippen LogP contribution in [0, 0.1) is 0 Å². The summed E-state index contributed by atoms with van der Waals surface area (Å²) in [6, 6.07) is 73.7. The van der Waals surface area contributed by atoms with Crippen LogP contribution in [0.15, 0.2) is 227 Å². The van der Waals surface area contributed by atoms with Crippen LogP contribution < -0.4 is 0 Å². The topological polar surface area (TPSA) is 29.6 Å². The van der Waals surface area contributed by atoms with Gasteiger partial charge in [-0.3, -0.25) is 9.98 Å². The summed E-state index contributed by atoms with van der Waals surface area (Å²) >= 11 is 1.88. The van der Waals surface area contributed by atoms with Crippen molar-refractivity contribution in [1.29, 1.82) is 0 Å². The van der Waals surface area contributed by atoms with Crippen molar-refractivity contribution in [3.8, 4) is 16.8 Å². The van der Waals surface area contributed by atoms with E-state index in [1.54, 1.807) is 0 Å². The third-order valence-electron chi connectivity index (χ3n) is 14.4. The summed E-state index contributed by atoms with van der Waals surface area (Å²) in [6.45, 7) is 4.76. The van der Waals surface area contributed by atoms with Gasteiger partial charge in [0.2, 0.25) is 0 Å². The molecule has 3 aliphatic rings. The number of rotatable bonds is 9. The first-order valence-electron chi connectivity index (χ1n) is 22.8. The van der Waals surface area contributed by atoms with Gasteiger partial charge in [0.05, 0.1) is 27.4 Å². The molecule has 3 nitrogen and oxygen atoms in total. The number of allylic oxidation sites excluding steroid dienone is 1. The van der Waals surface area contributed by atoms with Gasteiger partial charge < -0.3 is 4.57 Å². The highest BCUT2D eigenvalue weighted by molar-refractivity contribution is 8.03. The highest BCUT2D eigenvalue weighted by atomic mass is 32.2. The lowest BCUT2D eigenvalue weighted by atomic mass is 9.65. The maximum absolute atomic E-state index is 5.04. The predicted octanol–water partition coefficient (Wildman–Crippen LogP) is 15.1. The zero-order valence-corrected chi connectivity index (χ0v) is 37.3. The van der Waals surface area contributed by atoms with Gasteiger partial charge in [-0.15, -0.1) is 11.8 Å². The van der Waals surface area contributed by atoms with Crippen LogP contribution >= 0.6 is 11.8 Å². The second-order valence-corrected chi connectivity index (χ2v) is 18.9. The van der Waals surface area contributed by atoms with Crippen LogP contribution in [0.3, 0.4) is 0 Å². The average Bonchev–Trinajstić information content (AvgIpc) is 4.00. The van der Waals surface area contributed by atoms with Crippen molar-refractivity contribution < 1.29 is 0 Å². The SMILES string of the molecule is CCC1(C)c2cc(/C=C/C3=C4N=CC=NC4C(c4ccc(C(c5ccccc5)(c5ccccc5)c5ccccc5)cc4)S3)ccc2-c2ccc(-n3c4ccccc4c4ccccc43)cc21. The van der Waals surface area contributed by atoms with E-state index in [1.807, 2.05) is 24.2 Å². The van der Waals surface area contributed by atoms with E-state index in [0.717, 1.165) is 12.1 Å². The minimum absolute atomic E-state index is 0.0562. The molecule has 65 heavy (non-hydrogen) atoms. The minimum Gasteiger partial charge on any atom is -0.309 e. The van der Waals surface area contributed by atoms with E-state index in [-0.39, 0.29) is 16.7 Å². The summed E-state index contributed by atoms with van der Waals surface area (Å²) in [5.41, 5.74) is 16.9. The first kappa shape index (κ1) is 39.3. The average molecular weight is 854 g/mol. The van der Waals surface area contributed by atoms with Gasteiger partial charge in [0.25, 0.3) is 0 Å². The van der Waals surface area contributed by atoms with Crippen LogP contribution in [0.5, 0.6) is 0 Å². The van der Waals surface area contributed by atoms with Gasteiger partial charge in [-0.1, -0.05) is 196 Å². The van der Waals surface area contributed by atoms with Gasteiger partial charge in [0.1, 0.15) is 6.04 Å². The Kier molecular flexibility index (Phi) is 9.54. The summed E-state index contributed by atoms with van der Waals surface area (Å²) < 4.78 is 2.44. The second-order valence-electron chi connectivity index (χ2n) is 17.7. The lowest BCUT2D eigenvalue weighted by molar-refractivity contribution is 0.564. The highest BCUT2D eigenvalue weighted by Gasteiger charge is 2.41. The maximum atomic E-state index is 5.04. The molecule has 3 atom stereocenters. The van der Waals surface area contributed by atoms with Gasteiger partial charge in [0, 0.05) is 39.2 Å². The number of hydrogen-bond donors (Lipinski definition) is 0. The van der Waals surface area contributed by atoms with Crippen molar-refractivity contribution in [2.75, 3.05) is 0 Å². The molecule has 3 heterocycles. The first-order valence-corrected chi connectivity index (χ1v) is 23.6. The molecule has 9 aromatic rings. The highest BCUT2D eigenvalue weighted by Crippen LogP contribution is 2.54. The molecule has 0 bridgehead atoms. The second kappa shape index (κ2) is 15.8. The monoisotopic (exact) mass is 853 g/mol. The Balaban J connectivity index is 0.863. The Labute approximate surface area is 385 Å². The van der Waals surface area contributed by atoms with Gasteiger partial charge in [0.15, 0.2) is 0 Å². The van der Waals surface area contributed by atoms with Crippen molar-refractivity contribution in [3.63, 3.8) is 0 Å². The van der Waals surface area contributed by atoms with Gasteiger partial charge in [-0.05, 0) is 92.4 Å². The van der Waals surface area contributed by atoms with Crippen molar-refractivity contribution >= 4 is 52.1 Å². The summed E-state index contributed by atoms with van der Waals surface area (Å²) in [7, 11) is 0. The number of aromatic nitrogens is 1. The van der Waals surface area contributed by atoms with Gasteiger partial charge >= 0.3 is 0 Å². The van der Waals surface area contributed by atoms with Crippen LogP contribution in [0.25, 0.3) is 44.7 Å². The van der Waals surface area contributed by atoms with Gasteiger partial charge in [-0.25, -0.2) is 0 Å². The molecule has 0 radical (unpaired) electrons. The first-order chi connectivity index (χ1) is 32.1. The summed E-state index contributed by atoms with van der Waals surface area (Å²) in [5, 5.41) is 2.67. The van der Waals surface area contributed by atoms with Crippen LogP contribution in [-0.2, 0) is 10.8 Å². The fraction of sp³-hybridized carbons (Fsp3) is 0.115. The van der Waals surface area contributed by atoms with E-state index in [1.165, 1.54) is 88.0 Å². The van der Waals surface area contributed by atoms with Crippen molar-refractivity contribution in [1.82, 2.24) is 4.57 Å². The van der Waals surface area contributed by atoms with Crippen molar-refractivity contribution in [2.45, 2.75) is 42.4 Å². The van der Waals surface area contributed by atoms with E-state index < -0.39 is 5.41 Å². The van der Waals surface area contributed by atoms with Crippen LogP contribution in [0.4, 0.5) is 0 Å². The van der Waals surface area contributed by atoms with Gasteiger partial charge in [-0.2, -0.15) is 0 Å². The van der Waals surface area contributed by atoms with Crippen LogP contribution in [-0.4, -0.2) is 23.0 Å². The molecule has 312 valence electrons. The third kappa shape index (κ3) is 6.19. The molecule has 1 aromatic heterocycles. The largest absolute Gasteiger partial charge is 0.309 e. The molecule has 0 N–H and O–H groups in total. The number of thioether (sulfide) groups is 1. The molecule has 0 fully saturated rings.